The molecule has 2 aliphatic heterocycles. The van der Waals surface area contributed by atoms with Crippen molar-refractivity contribution >= 4 is 10.9 Å². The molecule has 1 atom stereocenters. The van der Waals surface area contributed by atoms with Crippen molar-refractivity contribution in [2.45, 2.75) is 31.4 Å². The monoisotopic (exact) mass is 355 g/mol. The minimum Gasteiger partial charge on any atom is -0.474 e. The minimum atomic E-state index is 0.128. The van der Waals surface area contributed by atoms with Crippen LogP contribution in [0.2, 0.25) is 0 Å². The highest BCUT2D eigenvalue weighted by molar-refractivity contribution is 5.96. The Morgan fingerprint density at radius 2 is 2.04 bits per heavy atom. The predicted molar refractivity (Wildman–Crippen MR) is 94.1 cm³/mol. The van der Waals surface area contributed by atoms with Gasteiger partial charge in [0, 0.05) is 37.4 Å². The molecule has 26 heavy (non-hydrogen) atoms. The van der Waals surface area contributed by atoms with E-state index in [0.717, 1.165) is 61.2 Å². The second-order valence-corrected chi connectivity index (χ2v) is 6.77. The normalized spacial score (nSPS) is 21.5. The topological polar surface area (TPSA) is 87.1 Å². The molecule has 8 nitrogen and oxygen atoms in total. The van der Waals surface area contributed by atoms with E-state index in [9.17, 15) is 0 Å². The second kappa shape index (κ2) is 6.69. The lowest BCUT2D eigenvalue weighted by molar-refractivity contribution is 0.0244. The molecule has 2 aliphatic rings. The van der Waals surface area contributed by atoms with Crippen LogP contribution in [0, 0.1) is 0 Å². The molecular formula is C18H21N5O3. The van der Waals surface area contributed by atoms with Gasteiger partial charge in [0.25, 0.3) is 0 Å². The smallest absolute Gasteiger partial charge is 0.225 e. The van der Waals surface area contributed by atoms with E-state index in [2.05, 4.69) is 20.3 Å². The first-order valence-corrected chi connectivity index (χ1v) is 9.08. The Kier molecular flexibility index (Phi) is 4.06. The first kappa shape index (κ1) is 15.8. The molecule has 0 aliphatic carbocycles. The molecule has 8 heteroatoms. The minimum absolute atomic E-state index is 0.128. The zero-order chi connectivity index (χ0) is 17.3. The Morgan fingerprint density at radius 1 is 1.15 bits per heavy atom. The molecule has 2 fully saturated rings. The fourth-order valence-electron chi connectivity index (χ4n) is 3.58. The lowest BCUT2D eigenvalue weighted by Gasteiger charge is -2.23. The Bertz CT molecular complexity index is 893. The van der Waals surface area contributed by atoms with Crippen molar-refractivity contribution in [3.8, 4) is 17.1 Å². The predicted octanol–water partition coefficient (Wildman–Crippen LogP) is 2.34. The molecule has 0 saturated carbocycles. The van der Waals surface area contributed by atoms with E-state index in [0.29, 0.717) is 18.5 Å². The third-order valence-corrected chi connectivity index (χ3v) is 5.04. The third kappa shape index (κ3) is 2.85. The van der Waals surface area contributed by atoms with E-state index in [1.807, 2.05) is 23.1 Å². The zero-order valence-corrected chi connectivity index (χ0v) is 14.4. The molecule has 0 radical (unpaired) electrons. The van der Waals surface area contributed by atoms with Crippen LogP contribution in [0.3, 0.4) is 0 Å². The molecule has 3 aromatic rings. The van der Waals surface area contributed by atoms with Gasteiger partial charge in [-0.05, 0) is 12.5 Å². The van der Waals surface area contributed by atoms with Gasteiger partial charge in [0.1, 0.15) is 11.8 Å². The number of rotatable bonds is 4. The van der Waals surface area contributed by atoms with Crippen LogP contribution >= 0.6 is 0 Å². The number of H-pyrrole nitrogens is 1. The average Bonchev–Trinajstić information content (AvgIpc) is 3.42. The third-order valence-electron chi connectivity index (χ3n) is 5.04. The molecular weight excluding hydrogens is 334 g/mol. The highest BCUT2D eigenvalue weighted by Gasteiger charge is 2.23. The number of hydrogen-bond donors (Lipinski definition) is 1. The maximum Gasteiger partial charge on any atom is 0.225 e. The van der Waals surface area contributed by atoms with E-state index in [4.69, 9.17) is 14.2 Å². The molecule has 0 bridgehead atoms. The van der Waals surface area contributed by atoms with Crippen molar-refractivity contribution in [1.29, 1.82) is 0 Å². The largest absolute Gasteiger partial charge is 0.474 e. The molecule has 0 unspecified atom stereocenters. The summed E-state index contributed by atoms with van der Waals surface area (Å²) in [5.74, 6) is 0.620. The van der Waals surface area contributed by atoms with Crippen molar-refractivity contribution in [2.24, 2.45) is 0 Å². The summed E-state index contributed by atoms with van der Waals surface area (Å²) in [6, 6.07) is 2.21. The summed E-state index contributed by atoms with van der Waals surface area (Å²) in [5.41, 5.74) is 2.68. The number of aromatic amines is 1. The summed E-state index contributed by atoms with van der Waals surface area (Å²) in [4.78, 5) is 4.47. The SMILES string of the molecule is c1cc2[nH]nc(-c3cnn([C@@H]4CCOC4)c3)c2c(OC2CCOCC2)n1. The highest BCUT2D eigenvalue weighted by atomic mass is 16.5. The lowest BCUT2D eigenvalue weighted by Crippen LogP contribution is -2.26. The number of hydrogen-bond acceptors (Lipinski definition) is 6. The number of nitrogens with one attached hydrogen (secondary N) is 1. The second-order valence-electron chi connectivity index (χ2n) is 6.77. The number of aromatic nitrogens is 5. The molecule has 0 aromatic carbocycles. The van der Waals surface area contributed by atoms with Gasteiger partial charge in [-0.15, -0.1) is 0 Å². The molecule has 1 N–H and O–H groups in total. The van der Waals surface area contributed by atoms with Crippen molar-refractivity contribution in [3.63, 3.8) is 0 Å². The van der Waals surface area contributed by atoms with Crippen molar-refractivity contribution in [1.82, 2.24) is 25.0 Å². The Labute approximate surface area is 150 Å². The first-order chi connectivity index (χ1) is 12.9. The standard InChI is InChI=1S/C18H21N5O3/c1-5-19-18(26-14-3-7-24-8-4-14)16-15(1)21-22-17(16)12-9-20-23(10-12)13-2-6-25-11-13/h1,5,9-10,13-14H,2-4,6-8,11H2,(H,21,22)/t13-/m1/s1. The van der Waals surface area contributed by atoms with Crippen LogP contribution in [-0.4, -0.2) is 57.5 Å². The van der Waals surface area contributed by atoms with Crippen LogP contribution in [0.5, 0.6) is 5.88 Å². The zero-order valence-electron chi connectivity index (χ0n) is 14.4. The molecule has 5 heterocycles. The van der Waals surface area contributed by atoms with Gasteiger partial charge in [0.15, 0.2) is 0 Å². The average molecular weight is 355 g/mol. The molecule has 136 valence electrons. The van der Waals surface area contributed by atoms with Crippen LogP contribution in [0.1, 0.15) is 25.3 Å². The number of pyridine rings is 1. The maximum absolute atomic E-state index is 6.20. The number of nitrogens with zero attached hydrogens (tertiary/aromatic N) is 4. The summed E-state index contributed by atoms with van der Waals surface area (Å²) < 4.78 is 19.0. The molecule has 3 aromatic heterocycles. The fourth-order valence-corrected chi connectivity index (χ4v) is 3.58. The summed E-state index contributed by atoms with van der Waals surface area (Å²) >= 11 is 0. The summed E-state index contributed by atoms with van der Waals surface area (Å²) in [6.07, 6.45) is 8.50. The summed E-state index contributed by atoms with van der Waals surface area (Å²) in [5, 5.41) is 13.0. The van der Waals surface area contributed by atoms with Gasteiger partial charge in [0.05, 0.1) is 43.0 Å². The van der Waals surface area contributed by atoms with Crippen LogP contribution < -0.4 is 4.74 Å². The maximum atomic E-state index is 6.20. The molecule has 0 spiro atoms. The van der Waals surface area contributed by atoms with Gasteiger partial charge in [-0.1, -0.05) is 0 Å². The number of ether oxygens (including phenoxy) is 3. The lowest BCUT2D eigenvalue weighted by atomic mass is 10.1. The Balaban J connectivity index is 1.49. The van der Waals surface area contributed by atoms with E-state index in [-0.39, 0.29) is 6.10 Å². The molecule has 0 amide bonds. The van der Waals surface area contributed by atoms with Gasteiger partial charge in [-0.2, -0.15) is 10.2 Å². The number of fused-ring (bicyclic) bond motifs is 1. The highest BCUT2D eigenvalue weighted by Crippen LogP contribution is 2.33. The fraction of sp³-hybridized carbons (Fsp3) is 0.500. The van der Waals surface area contributed by atoms with Gasteiger partial charge in [-0.25, -0.2) is 4.98 Å². The van der Waals surface area contributed by atoms with E-state index in [1.165, 1.54) is 0 Å². The quantitative estimate of drug-likeness (QED) is 0.773. The summed E-state index contributed by atoms with van der Waals surface area (Å²) in [6.45, 7) is 2.96. The van der Waals surface area contributed by atoms with Gasteiger partial charge >= 0.3 is 0 Å². The van der Waals surface area contributed by atoms with Crippen molar-refractivity contribution in [2.75, 3.05) is 26.4 Å². The van der Waals surface area contributed by atoms with Gasteiger partial charge < -0.3 is 14.2 Å². The Hall–Kier alpha value is -2.45. The van der Waals surface area contributed by atoms with Gasteiger partial charge in [-0.3, -0.25) is 9.78 Å². The van der Waals surface area contributed by atoms with E-state index in [1.54, 1.807) is 6.20 Å². The van der Waals surface area contributed by atoms with Crippen LogP contribution in [0.4, 0.5) is 0 Å². The molecule has 2 saturated heterocycles. The van der Waals surface area contributed by atoms with Crippen molar-refractivity contribution < 1.29 is 14.2 Å². The first-order valence-electron chi connectivity index (χ1n) is 9.08. The van der Waals surface area contributed by atoms with E-state index < -0.39 is 0 Å². The van der Waals surface area contributed by atoms with Gasteiger partial charge in [0.2, 0.25) is 5.88 Å². The Morgan fingerprint density at radius 3 is 2.88 bits per heavy atom. The van der Waals surface area contributed by atoms with Crippen LogP contribution in [0.25, 0.3) is 22.2 Å². The van der Waals surface area contributed by atoms with Crippen LogP contribution in [0.15, 0.2) is 24.7 Å². The van der Waals surface area contributed by atoms with Crippen molar-refractivity contribution in [3.05, 3.63) is 24.7 Å². The molecule has 5 rings (SSSR count). The summed E-state index contributed by atoms with van der Waals surface area (Å²) in [7, 11) is 0. The van der Waals surface area contributed by atoms with Crippen LogP contribution in [-0.2, 0) is 9.47 Å². The van der Waals surface area contributed by atoms with E-state index >= 15 is 0 Å².